The number of hydrogen-bond donors (Lipinski definition) is 1. The van der Waals surface area contributed by atoms with Crippen molar-refractivity contribution in [3.05, 3.63) is 39.9 Å². The number of hydrogen-bond acceptors (Lipinski definition) is 5. The molecule has 0 heterocycles. The Kier molecular flexibility index (Phi) is 6.86. The van der Waals surface area contributed by atoms with E-state index in [0.717, 1.165) is 5.56 Å². The van der Waals surface area contributed by atoms with Gasteiger partial charge in [-0.3, -0.25) is 19.7 Å². The molecule has 0 aliphatic rings. The van der Waals surface area contributed by atoms with Gasteiger partial charge in [-0.25, -0.2) is 0 Å². The molecule has 1 N–H and O–H groups in total. The molecule has 0 saturated heterocycles. The number of rotatable bonds is 8. The number of esters is 1. The van der Waals surface area contributed by atoms with Crippen LogP contribution >= 0.6 is 0 Å². The van der Waals surface area contributed by atoms with Crippen LogP contribution in [0.15, 0.2) is 24.3 Å². The average molecular weight is 294 g/mol. The topological polar surface area (TPSA) is 98.5 Å². The van der Waals surface area contributed by atoms with Crippen LogP contribution in [0.5, 0.6) is 0 Å². The molecule has 0 spiro atoms. The van der Waals surface area contributed by atoms with Crippen molar-refractivity contribution in [1.29, 1.82) is 0 Å². The van der Waals surface area contributed by atoms with Gasteiger partial charge < -0.3 is 10.1 Å². The monoisotopic (exact) mass is 294 g/mol. The van der Waals surface area contributed by atoms with Crippen molar-refractivity contribution >= 4 is 17.6 Å². The highest BCUT2D eigenvalue weighted by Gasteiger charge is 2.07. The van der Waals surface area contributed by atoms with Gasteiger partial charge in [0.05, 0.1) is 18.0 Å². The first kappa shape index (κ1) is 16.6. The lowest BCUT2D eigenvalue weighted by atomic mass is 10.1. The summed E-state index contributed by atoms with van der Waals surface area (Å²) in [5.74, 6) is -0.604. The summed E-state index contributed by atoms with van der Waals surface area (Å²) in [5.41, 5.74) is 0.934. The fourth-order valence-corrected chi connectivity index (χ4v) is 1.67. The van der Waals surface area contributed by atoms with E-state index in [1.807, 2.05) is 0 Å². The summed E-state index contributed by atoms with van der Waals surface area (Å²) in [4.78, 5) is 32.6. The molecule has 0 unspecified atom stereocenters. The van der Waals surface area contributed by atoms with E-state index in [4.69, 9.17) is 4.74 Å². The number of ether oxygens (including phenoxy) is 1. The molecule has 7 heteroatoms. The van der Waals surface area contributed by atoms with Crippen LogP contribution in [0.4, 0.5) is 5.69 Å². The third-order valence-electron chi connectivity index (χ3n) is 2.74. The number of non-ortho nitro benzene ring substituents is 1. The molecule has 0 atom stereocenters. The number of carbonyl (C=O) groups is 2. The summed E-state index contributed by atoms with van der Waals surface area (Å²) in [7, 11) is 0. The lowest BCUT2D eigenvalue weighted by Gasteiger charge is -2.05. The van der Waals surface area contributed by atoms with Crippen LogP contribution in [0, 0.1) is 10.1 Å². The molecule has 0 radical (unpaired) electrons. The molecule has 1 aromatic rings. The van der Waals surface area contributed by atoms with Crippen LogP contribution in [-0.2, 0) is 20.7 Å². The molecule has 1 rings (SSSR count). The quantitative estimate of drug-likeness (QED) is 0.446. The van der Waals surface area contributed by atoms with E-state index in [-0.39, 0.29) is 30.4 Å². The predicted octanol–water partition coefficient (Wildman–Crippen LogP) is 1.60. The van der Waals surface area contributed by atoms with E-state index in [9.17, 15) is 19.7 Å². The molecule has 1 amide bonds. The van der Waals surface area contributed by atoms with Gasteiger partial charge in [0.25, 0.3) is 5.69 Å². The summed E-state index contributed by atoms with van der Waals surface area (Å²) in [6, 6.07) is 6.17. The highest BCUT2D eigenvalue weighted by molar-refractivity contribution is 5.81. The highest BCUT2D eigenvalue weighted by atomic mass is 16.6. The number of amides is 1. The van der Waals surface area contributed by atoms with E-state index < -0.39 is 4.92 Å². The molecule has 114 valence electrons. The zero-order valence-corrected chi connectivity index (χ0v) is 11.8. The Balaban J connectivity index is 2.25. The van der Waals surface area contributed by atoms with Gasteiger partial charge in [0, 0.05) is 25.1 Å². The van der Waals surface area contributed by atoms with Crippen molar-refractivity contribution in [3.63, 3.8) is 0 Å². The second-order valence-corrected chi connectivity index (χ2v) is 4.33. The van der Waals surface area contributed by atoms with Gasteiger partial charge >= 0.3 is 5.97 Å². The maximum atomic E-state index is 11.5. The molecule has 21 heavy (non-hydrogen) atoms. The van der Waals surface area contributed by atoms with Gasteiger partial charge in [-0.05, 0) is 18.9 Å². The Hall–Kier alpha value is -2.44. The van der Waals surface area contributed by atoms with Gasteiger partial charge in [-0.2, -0.15) is 0 Å². The Morgan fingerprint density at radius 2 is 1.90 bits per heavy atom. The van der Waals surface area contributed by atoms with Gasteiger partial charge in [-0.1, -0.05) is 12.1 Å². The van der Waals surface area contributed by atoms with Crippen molar-refractivity contribution < 1.29 is 19.2 Å². The van der Waals surface area contributed by atoms with Crippen molar-refractivity contribution in [2.45, 2.75) is 26.2 Å². The Labute approximate surface area is 122 Å². The summed E-state index contributed by atoms with van der Waals surface area (Å²) >= 11 is 0. The molecular formula is C14H18N2O5. The molecule has 0 aromatic heterocycles. The van der Waals surface area contributed by atoms with Gasteiger partial charge in [0.2, 0.25) is 5.91 Å². The lowest BCUT2D eigenvalue weighted by Crippen LogP contribution is -2.26. The first-order chi connectivity index (χ1) is 10.0. The Morgan fingerprint density at radius 1 is 1.24 bits per heavy atom. The number of benzene rings is 1. The first-order valence-corrected chi connectivity index (χ1v) is 6.68. The smallest absolute Gasteiger partial charge is 0.306 e. The Morgan fingerprint density at radius 3 is 2.48 bits per heavy atom. The SMILES string of the molecule is CCOC(=O)CCC(=O)NCCc1ccc([N+](=O)[O-])cc1. The maximum Gasteiger partial charge on any atom is 0.306 e. The summed E-state index contributed by atoms with van der Waals surface area (Å²) in [5, 5.41) is 13.2. The van der Waals surface area contributed by atoms with E-state index in [2.05, 4.69) is 5.32 Å². The highest BCUT2D eigenvalue weighted by Crippen LogP contribution is 2.11. The molecule has 1 aromatic carbocycles. The number of nitro benzene ring substituents is 1. The van der Waals surface area contributed by atoms with Gasteiger partial charge in [-0.15, -0.1) is 0 Å². The molecule has 0 saturated carbocycles. The van der Waals surface area contributed by atoms with Crippen LogP contribution in [0.25, 0.3) is 0 Å². The van der Waals surface area contributed by atoms with E-state index in [1.54, 1.807) is 19.1 Å². The largest absolute Gasteiger partial charge is 0.466 e. The number of carbonyl (C=O) groups excluding carboxylic acids is 2. The van der Waals surface area contributed by atoms with Crippen LogP contribution in [0.3, 0.4) is 0 Å². The minimum Gasteiger partial charge on any atom is -0.466 e. The number of nitrogens with one attached hydrogen (secondary N) is 1. The first-order valence-electron chi connectivity index (χ1n) is 6.68. The molecule has 0 aliphatic carbocycles. The standard InChI is InChI=1S/C14H18N2O5/c1-2-21-14(18)8-7-13(17)15-10-9-11-3-5-12(6-4-11)16(19)20/h3-6H,2,7-10H2,1H3,(H,15,17). The second-order valence-electron chi connectivity index (χ2n) is 4.33. The van der Waals surface area contributed by atoms with Gasteiger partial charge in [0.15, 0.2) is 0 Å². The zero-order chi connectivity index (χ0) is 15.7. The Bertz CT molecular complexity index is 499. The summed E-state index contributed by atoms with van der Waals surface area (Å²) in [6.07, 6.45) is 0.736. The van der Waals surface area contributed by atoms with Crippen molar-refractivity contribution in [3.8, 4) is 0 Å². The maximum absolute atomic E-state index is 11.5. The van der Waals surface area contributed by atoms with E-state index in [0.29, 0.717) is 19.6 Å². The number of nitro groups is 1. The minimum absolute atomic E-state index is 0.0391. The molecule has 0 bridgehead atoms. The van der Waals surface area contributed by atoms with Crippen molar-refractivity contribution in [1.82, 2.24) is 5.32 Å². The lowest BCUT2D eigenvalue weighted by molar-refractivity contribution is -0.384. The van der Waals surface area contributed by atoms with Crippen LogP contribution in [-0.4, -0.2) is 30.0 Å². The summed E-state index contributed by atoms with van der Waals surface area (Å²) < 4.78 is 4.72. The molecule has 0 aliphatic heterocycles. The van der Waals surface area contributed by atoms with E-state index in [1.165, 1.54) is 12.1 Å². The van der Waals surface area contributed by atoms with Crippen LogP contribution in [0.1, 0.15) is 25.3 Å². The van der Waals surface area contributed by atoms with Crippen LogP contribution < -0.4 is 5.32 Å². The minimum atomic E-state index is -0.457. The second kappa shape index (κ2) is 8.68. The fourth-order valence-electron chi connectivity index (χ4n) is 1.67. The third kappa shape index (κ3) is 6.51. The molecular weight excluding hydrogens is 276 g/mol. The normalized spacial score (nSPS) is 9.95. The number of nitrogens with zero attached hydrogens (tertiary/aromatic N) is 1. The van der Waals surface area contributed by atoms with Gasteiger partial charge in [0.1, 0.15) is 0 Å². The van der Waals surface area contributed by atoms with E-state index >= 15 is 0 Å². The predicted molar refractivity (Wildman–Crippen MR) is 75.7 cm³/mol. The average Bonchev–Trinajstić information content (AvgIpc) is 2.46. The van der Waals surface area contributed by atoms with Crippen molar-refractivity contribution in [2.75, 3.05) is 13.2 Å². The third-order valence-corrected chi connectivity index (χ3v) is 2.74. The molecule has 0 fully saturated rings. The molecule has 7 nitrogen and oxygen atoms in total. The fraction of sp³-hybridized carbons (Fsp3) is 0.429. The summed E-state index contributed by atoms with van der Waals surface area (Å²) in [6.45, 7) is 2.43. The van der Waals surface area contributed by atoms with Crippen molar-refractivity contribution in [2.24, 2.45) is 0 Å². The van der Waals surface area contributed by atoms with Crippen LogP contribution in [0.2, 0.25) is 0 Å². The zero-order valence-electron chi connectivity index (χ0n) is 11.8.